The first-order valence-corrected chi connectivity index (χ1v) is 2.92. The summed E-state index contributed by atoms with van der Waals surface area (Å²) in [5.74, 6) is 0.718. The molecule has 1 aliphatic heterocycles. The molecule has 0 saturated carbocycles. The summed E-state index contributed by atoms with van der Waals surface area (Å²) in [6, 6.07) is 0. The predicted molar refractivity (Wildman–Crippen MR) is 26.3 cm³/mol. The van der Waals surface area contributed by atoms with E-state index in [2.05, 4.69) is 0 Å². The number of hydroxylamine groups is 2. The van der Waals surface area contributed by atoms with Crippen LogP contribution in [0.5, 0.6) is 0 Å². The van der Waals surface area contributed by atoms with Crippen LogP contribution in [0.1, 0.15) is 0 Å². The summed E-state index contributed by atoms with van der Waals surface area (Å²) < 4.78 is 0. The summed E-state index contributed by atoms with van der Waals surface area (Å²) in [5, 5.41) is 8.95. The van der Waals surface area contributed by atoms with Gasteiger partial charge in [-0.3, -0.25) is 10.0 Å². The van der Waals surface area contributed by atoms with Gasteiger partial charge in [0.2, 0.25) is 0 Å². The summed E-state index contributed by atoms with van der Waals surface area (Å²) >= 11 is 1.14. The smallest absolute Gasteiger partial charge is 0.285 e. The Bertz CT molecular complexity index is 94.9. The second-order valence-corrected chi connectivity index (χ2v) is 2.28. The van der Waals surface area contributed by atoms with E-state index in [1.807, 2.05) is 0 Å². The largest absolute Gasteiger partial charge is 0.305 e. The minimum atomic E-state index is -0.236. The standard InChI is InChI=1S/C3H5NO2S/c5-3-4(6)1-2-7-3/h6H,1-2H2. The molecule has 3 nitrogen and oxygen atoms in total. The number of hydrogen-bond donors (Lipinski definition) is 1. The van der Waals surface area contributed by atoms with Gasteiger partial charge in [-0.05, 0) is 0 Å². The second-order valence-electron chi connectivity index (χ2n) is 1.24. The van der Waals surface area contributed by atoms with E-state index in [-0.39, 0.29) is 5.24 Å². The molecular formula is C3H5NO2S. The van der Waals surface area contributed by atoms with Crippen molar-refractivity contribution in [2.75, 3.05) is 12.3 Å². The molecule has 0 radical (unpaired) electrons. The molecule has 0 unspecified atom stereocenters. The van der Waals surface area contributed by atoms with Gasteiger partial charge in [-0.2, -0.15) is 0 Å². The molecule has 4 heteroatoms. The highest BCUT2D eigenvalue weighted by molar-refractivity contribution is 8.13. The molecule has 0 bridgehead atoms. The van der Waals surface area contributed by atoms with Gasteiger partial charge in [0.25, 0.3) is 0 Å². The van der Waals surface area contributed by atoms with Gasteiger partial charge in [-0.1, -0.05) is 11.8 Å². The first-order chi connectivity index (χ1) is 3.30. The summed E-state index contributed by atoms with van der Waals surface area (Å²) in [5.41, 5.74) is 0. The quantitative estimate of drug-likeness (QED) is 0.473. The van der Waals surface area contributed by atoms with Gasteiger partial charge in [0.1, 0.15) is 0 Å². The normalized spacial score (nSPS) is 21.3. The van der Waals surface area contributed by atoms with Crippen molar-refractivity contribution in [2.45, 2.75) is 0 Å². The Morgan fingerprint density at radius 2 is 2.57 bits per heavy atom. The van der Waals surface area contributed by atoms with Crippen LogP contribution in [-0.4, -0.2) is 27.8 Å². The Hall–Kier alpha value is -0.220. The van der Waals surface area contributed by atoms with Crippen LogP contribution in [-0.2, 0) is 0 Å². The first-order valence-electron chi connectivity index (χ1n) is 1.94. The van der Waals surface area contributed by atoms with E-state index in [1.165, 1.54) is 0 Å². The number of carbonyl (C=O) groups is 1. The van der Waals surface area contributed by atoms with Crippen LogP contribution in [0.3, 0.4) is 0 Å². The molecule has 1 heterocycles. The van der Waals surface area contributed by atoms with Crippen LogP contribution < -0.4 is 0 Å². The van der Waals surface area contributed by atoms with Crippen LogP contribution >= 0.6 is 11.8 Å². The Morgan fingerprint density at radius 1 is 1.86 bits per heavy atom. The van der Waals surface area contributed by atoms with Crippen LogP contribution in [0, 0.1) is 0 Å². The lowest BCUT2D eigenvalue weighted by Crippen LogP contribution is -2.16. The molecule has 0 aliphatic carbocycles. The number of nitrogens with zero attached hydrogens (tertiary/aromatic N) is 1. The fourth-order valence-corrected chi connectivity index (χ4v) is 1.06. The number of rotatable bonds is 0. The van der Waals surface area contributed by atoms with Crippen LogP contribution in [0.15, 0.2) is 0 Å². The molecule has 1 fully saturated rings. The Kier molecular flexibility index (Phi) is 1.21. The molecule has 0 aromatic rings. The number of thioether (sulfide) groups is 1. The second kappa shape index (κ2) is 1.71. The minimum absolute atomic E-state index is 0.236. The van der Waals surface area contributed by atoms with E-state index in [0.717, 1.165) is 22.6 Å². The third-order valence-electron chi connectivity index (χ3n) is 0.739. The maximum Gasteiger partial charge on any atom is 0.305 e. The van der Waals surface area contributed by atoms with E-state index < -0.39 is 0 Å². The number of hydrogen-bond acceptors (Lipinski definition) is 3. The maximum absolute atomic E-state index is 10.2. The zero-order valence-corrected chi connectivity index (χ0v) is 4.44. The molecule has 0 aromatic carbocycles. The molecule has 0 atom stereocenters. The molecule has 7 heavy (non-hydrogen) atoms. The van der Waals surface area contributed by atoms with Gasteiger partial charge in [0.15, 0.2) is 0 Å². The number of carbonyl (C=O) groups excluding carboxylic acids is 1. The molecule has 40 valence electrons. The summed E-state index contributed by atoms with van der Waals surface area (Å²) in [6.45, 7) is 0.476. The van der Waals surface area contributed by atoms with Crippen LogP contribution in [0.4, 0.5) is 4.79 Å². The van der Waals surface area contributed by atoms with Crippen molar-refractivity contribution in [3.63, 3.8) is 0 Å². The van der Waals surface area contributed by atoms with Crippen molar-refractivity contribution >= 4 is 17.0 Å². The molecule has 1 saturated heterocycles. The van der Waals surface area contributed by atoms with Gasteiger partial charge < -0.3 is 0 Å². The predicted octanol–water partition coefficient (Wildman–Crippen LogP) is 0.544. The highest BCUT2D eigenvalue weighted by atomic mass is 32.2. The van der Waals surface area contributed by atoms with Gasteiger partial charge in [0, 0.05) is 5.75 Å². The van der Waals surface area contributed by atoms with E-state index in [0.29, 0.717) is 6.54 Å². The fraction of sp³-hybridized carbons (Fsp3) is 0.667. The topological polar surface area (TPSA) is 40.5 Å². The van der Waals surface area contributed by atoms with Crippen molar-refractivity contribution in [1.82, 2.24) is 5.06 Å². The average molecular weight is 119 g/mol. The van der Waals surface area contributed by atoms with Gasteiger partial charge in [-0.15, -0.1) is 0 Å². The van der Waals surface area contributed by atoms with Crippen molar-refractivity contribution in [2.24, 2.45) is 0 Å². The maximum atomic E-state index is 10.2. The van der Waals surface area contributed by atoms with Gasteiger partial charge in [0.05, 0.1) is 6.54 Å². The third-order valence-corrected chi connectivity index (χ3v) is 1.58. The van der Waals surface area contributed by atoms with Crippen molar-refractivity contribution in [3.8, 4) is 0 Å². The SMILES string of the molecule is O=C1SCCN1O. The Morgan fingerprint density at radius 3 is 2.71 bits per heavy atom. The minimum Gasteiger partial charge on any atom is -0.285 e. The molecule has 0 spiro atoms. The zero-order valence-electron chi connectivity index (χ0n) is 3.63. The highest BCUT2D eigenvalue weighted by Crippen LogP contribution is 2.13. The summed E-state index contributed by atoms with van der Waals surface area (Å²) in [4.78, 5) is 10.2. The number of amides is 1. The summed E-state index contributed by atoms with van der Waals surface area (Å²) in [6.07, 6.45) is 0. The van der Waals surface area contributed by atoms with Gasteiger partial charge in [-0.25, -0.2) is 5.06 Å². The van der Waals surface area contributed by atoms with E-state index in [4.69, 9.17) is 5.21 Å². The van der Waals surface area contributed by atoms with Crippen molar-refractivity contribution in [3.05, 3.63) is 0 Å². The molecule has 1 amide bonds. The van der Waals surface area contributed by atoms with Crippen molar-refractivity contribution < 1.29 is 10.0 Å². The summed E-state index contributed by atoms with van der Waals surface area (Å²) in [7, 11) is 0. The lowest BCUT2D eigenvalue weighted by atomic mass is 10.8. The fourth-order valence-electron chi connectivity index (χ4n) is 0.385. The Balaban J connectivity index is 2.48. The van der Waals surface area contributed by atoms with E-state index in [9.17, 15) is 4.79 Å². The van der Waals surface area contributed by atoms with Gasteiger partial charge >= 0.3 is 5.24 Å². The lowest BCUT2D eigenvalue weighted by Gasteiger charge is -1.99. The zero-order chi connectivity index (χ0) is 5.28. The average Bonchev–Trinajstić information content (AvgIpc) is 1.91. The first kappa shape index (κ1) is 4.93. The molecular weight excluding hydrogens is 114 g/mol. The van der Waals surface area contributed by atoms with Crippen LogP contribution in [0.2, 0.25) is 0 Å². The molecule has 1 aliphatic rings. The van der Waals surface area contributed by atoms with E-state index in [1.54, 1.807) is 0 Å². The van der Waals surface area contributed by atoms with E-state index >= 15 is 0 Å². The monoisotopic (exact) mass is 119 g/mol. The molecule has 1 rings (SSSR count). The highest BCUT2D eigenvalue weighted by Gasteiger charge is 2.17. The van der Waals surface area contributed by atoms with Crippen LogP contribution in [0.25, 0.3) is 0 Å². The molecule has 1 N–H and O–H groups in total. The molecule has 0 aromatic heterocycles. The Labute approximate surface area is 45.3 Å². The van der Waals surface area contributed by atoms with Crippen molar-refractivity contribution in [1.29, 1.82) is 0 Å². The lowest BCUT2D eigenvalue weighted by molar-refractivity contribution is -0.0214. The third kappa shape index (κ3) is 0.863.